The fraction of sp³-hybridized carbons (Fsp3) is 0.923. The fourth-order valence-electron chi connectivity index (χ4n) is 2.33. The Hall–Kier alpha value is -0.260. The van der Waals surface area contributed by atoms with Crippen LogP contribution in [-0.4, -0.2) is 47.9 Å². The highest BCUT2D eigenvalue weighted by Gasteiger charge is 2.21. The zero-order chi connectivity index (χ0) is 13.4. The van der Waals surface area contributed by atoms with E-state index < -0.39 is 6.10 Å². The summed E-state index contributed by atoms with van der Waals surface area (Å²) in [7, 11) is 0. The van der Waals surface area contributed by atoms with Gasteiger partial charge in [-0.05, 0) is 32.4 Å². The largest absolute Gasteiger partial charge is 0.466 e. The highest BCUT2D eigenvalue weighted by molar-refractivity contribution is 7.99. The third-order valence-corrected chi connectivity index (χ3v) is 4.40. The van der Waals surface area contributed by atoms with E-state index in [1.54, 1.807) is 6.92 Å². The van der Waals surface area contributed by atoms with Gasteiger partial charge in [-0.15, -0.1) is 0 Å². The van der Waals surface area contributed by atoms with Crippen LogP contribution in [0.2, 0.25) is 0 Å². The molecule has 3 atom stereocenters. The molecule has 0 spiro atoms. The molecule has 0 aromatic rings. The first-order valence-electron chi connectivity index (χ1n) is 6.75. The maximum Gasteiger partial charge on any atom is 0.308 e. The van der Waals surface area contributed by atoms with E-state index in [0.717, 1.165) is 11.7 Å². The molecule has 1 rings (SSSR count). The Bertz CT molecular complexity index is 250. The molecule has 0 radical (unpaired) electrons. The quantitative estimate of drug-likeness (QED) is 0.691. The number of carbonyl (C=O) groups excluding carboxylic acids is 1. The first kappa shape index (κ1) is 15.8. The van der Waals surface area contributed by atoms with Crippen molar-refractivity contribution in [1.29, 1.82) is 0 Å². The number of rotatable bonds is 7. The minimum atomic E-state index is -0.640. The SMILES string of the molecule is CCOC(=O)CC(O)CNC1CCCC(SC)C1. The lowest BCUT2D eigenvalue weighted by Gasteiger charge is -2.29. The summed E-state index contributed by atoms with van der Waals surface area (Å²) >= 11 is 1.92. The predicted molar refractivity (Wildman–Crippen MR) is 74.8 cm³/mol. The molecule has 1 saturated carbocycles. The van der Waals surface area contributed by atoms with Crippen molar-refractivity contribution in [3.63, 3.8) is 0 Å². The standard InChI is InChI=1S/C13H25NO3S/c1-3-17-13(16)8-11(15)9-14-10-5-4-6-12(7-10)18-2/h10-12,14-15H,3-9H2,1-2H3. The Morgan fingerprint density at radius 3 is 3.00 bits per heavy atom. The predicted octanol–water partition coefficient (Wildman–Crippen LogP) is 1.56. The Labute approximate surface area is 114 Å². The lowest BCUT2D eigenvalue weighted by atomic mass is 9.95. The maximum atomic E-state index is 11.2. The number of ether oxygens (including phenoxy) is 1. The average Bonchev–Trinajstić information content (AvgIpc) is 2.37. The Morgan fingerprint density at radius 2 is 2.33 bits per heavy atom. The van der Waals surface area contributed by atoms with E-state index in [2.05, 4.69) is 11.6 Å². The monoisotopic (exact) mass is 275 g/mol. The second-order valence-electron chi connectivity index (χ2n) is 4.79. The number of hydrogen-bond donors (Lipinski definition) is 2. The van der Waals surface area contributed by atoms with E-state index in [4.69, 9.17) is 4.74 Å². The molecule has 1 fully saturated rings. The van der Waals surface area contributed by atoms with E-state index in [9.17, 15) is 9.90 Å². The van der Waals surface area contributed by atoms with Gasteiger partial charge >= 0.3 is 5.97 Å². The summed E-state index contributed by atoms with van der Waals surface area (Å²) < 4.78 is 4.81. The molecule has 0 bridgehead atoms. The smallest absolute Gasteiger partial charge is 0.308 e. The number of nitrogens with one attached hydrogen (secondary N) is 1. The number of aliphatic hydroxyl groups is 1. The molecule has 4 nitrogen and oxygen atoms in total. The summed E-state index contributed by atoms with van der Waals surface area (Å²) in [5, 5.41) is 13.8. The van der Waals surface area contributed by atoms with Crippen LogP contribution in [0.5, 0.6) is 0 Å². The van der Waals surface area contributed by atoms with E-state index in [1.807, 2.05) is 11.8 Å². The van der Waals surface area contributed by atoms with Crippen molar-refractivity contribution in [1.82, 2.24) is 5.32 Å². The first-order valence-corrected chi connectivity index (χ1v) is 8.04. The van der Waals surface area contributed by atoms with E-state index >= 15 is 0 Å². The van der Waals surface area contributed by atoms with Crippen molar-refractivity contribution in [3.05, 3.63) is 0 Å². The summed E-state index contributed by atoms with van der Waals surface area (Å²) in [4.78, 5) is 11.2. The van der Waals surface area contributed by atoms with Crippen LogP contribution in [0.15, 0.2) is 0 Å². The van der Waals surface area contributed by atoms with E-state index in [0.29, 0.717) is 19.2 Å². The van der Waals surface area contributed by atoms with Crippen LogP contribution >= 0.6 is 11.8 Å². The molecular formula is C13H25NO3S. The molecule has 3 unspecified atom stereocenters. The molecule has 2 N–H and O–H groups in total. The normalized spacial score (nSPS) is 25.7. The van der Waals surface area contributed by atoms with Crippen LogP contribution in [0.25, 0.3) is 0 Å². The highest BCUT2D eigenvalue weighted by Crippen LogP contribution is 2.26. The van der Waals surface area contributed by atoms with Gasteiger partial charge < -0.3 is 15.2 Å². The molecule has 0 amide bonds. The highest BCUT2D eigenvalue weighted by atomic mass is 32.2. The number of carbonyl (C=O) groups is 1. The van der Waals surface area contributed by atoms with Gasteiger partial charge in [-0.2, -0.15) is 11.8 Å². The van der Waals surface area contributed by atoms with Gasteiger partial charge in [0, 0.05) is 17.8 Å². The van der Waals surface area contributed by atoms with Crippen molar-refractivity contribution in [2.45, 2.75) is 56.4 Å². The minimum Gasteiger partial charge on any atom is -0.466 e. The first-order chi connectivity index (χ1) is 8.65. The average molecular weight is 275 g/mol. The lowest BCUT2D eigenvalue weighted by molar-refractivity contribution is -0.145. The van der Waals surface area contributed by atoms with Crippen LogP contribution in [-0.2, 0) is 9.53 Å². The van der Waals surface area contributed by atoms with Gasteiger partial charge in [0.2, 0.25) is 0 Å². The topological polar surface area (TPSA) is 58.6 Å². The van der Waals surface area contributed by atoms with Crippen LogP contribution in [0.3, 0.4) is 0 Å². The summed E-state index contributed by atoms with van der Waals surface area (Å²) in [6, 6.07) is 0.480. The van der Waals surface area contributed by atoms with Gasteiger partial charge in [0.15, 0.2) is 0 Å². The molecule has 0 heterocycles. The summed E-state index contributed by atoms with van der Waals surface area (Å²) in [6.45, 7) is 2.62. The summed E-state index contributed by atoms with van der Waals surface area (Å²) in [6.07, 6.45) is 6.47. The molecule has 0 aromatic carbocycles. The van der Waals surface area contributed by atoms with Gasteiger partial charge in [-0.1, -0.05) is 6.42 Å². The van der Waals surface area contributed by atoms with Crippen molar-refractivity contribution >= 4 is 17.7 Å². The Morgan fingerprint density at radius 1 is 1.56 bits per heavy atom. The Balaban J connectivity index is 2.17. The molecule has 0 aliphatic heterocycles. The van der Waals surface area contributed by atoms with Crippen LogP contribution in [0.1, 0.15) is 39.0 Å². The van der Waals surface area contributed by atoms with Gasteiger partial charge in [0.05, 0.1) is 19.1 Å². The molecule has 1 aliphatic rings. The van der Waals surface area contributed by atoms with E-state index in [1.165, 1.54) is 19.3 Å². The molecule has 18 heavy (non-hydrogen) atoms. The van der Waals surface area contributed by atoms with Crippen LogP contribution < -0.4 is 5.32 Å². The second-order valence-corrected chi connectivity index (χ2v) is 5.93. The molecule has 5 heteroatoms. The molecule has 0 saturated heterocycles. The molecular weight excluding hydrogens is 250 g/mol. The molecule has 0 aromatic heterocycles. The van der Waals surface area contributed by atoms with Gasteiger partial charge in [0.25, 0.3) is 0 Å². The zero-order valence-electron chi connectivity index (χ0n) is 11.4. The van der Waals surface area contributed by atoms with Crippen molar-refractivity contribution in [2.75, 3.05) is 19.4 Å². The van der Waals surface area contributed by atoms with Gasteiger partial charge in [0.1, 0.15) is 0 Å². The van der Waals surface area contributed by atoms with Gasteiger partial charge in [-0.3, -0.25) is 4.79 Å². The maximum absolute atomic E-state index is 11.2. The zero-order valence-corrected chi connectivity index (χ0v) is 12.2. The number of hydrogen-bond acceptors (Lipinski definition) is 5. The second kappa shape index (κ2) is 8.77. The summed E-state index contributed by atoms with van der Waals surface area (Å²) in [5.74, 6) is -0.322. The van der Waals surface area contributed by atoms with Gasteiger partial charge in [-0.25, -0.2) is 0 Å². The van der Waals surface area contributed by atoms with Crippen molar-refractivity contribution in [3.8, 4) is 0 Å². The summed E-state index contributed by atoms with van der Waals surface area (Å²) in [5.41, 5.74) is 0. The van der Waals surface area contributed by atoms with Crippen molar-refractivity contribution < 1.29 is 14.6 Å². The molecule has 1 aliphatic carbocycles. The number of thioether (sulfide) groups is 1. The van der Waals surface area contributed by atoms with Crippen LogP contribution in [0.4, 0.5) is 0 Å². The van der Waals surface area contributed by atoms with Crippen molar-refractivity contribution in [2.24, 2.45) is 0 Å². The minimum absolute atomic E-state index is 0.0829. The number of aliphatic hydroxyl groups excluding tert-OH is 1. The molecule has 106 valence electrons. The third-order valence-electron chi connectivity index (χ3n) is 3.31. The third kappa shape index (κ3) is 6.07. The van der Waals surface area contributed by atoms with Crippen LogP contribution in [0, 0.1) is 0 Å². The Kier molecular flexibility index (Phi) is 7.70. The fourth-order valence-corrected chi connectivity index (χ4v) is 3.16. The lowest BCUT2D eigenvalue weighted by Crippen LogP contribution is -2.40. The van der Waals surface area contributed by atoms with E-state index in [-0.39, 0.29) is 12.4 Å². The number of esters is 1.